The largest absolute Gasteiger partial charge is 0.480 e. The number of likely N-dealkylation sites (tertiary alicyclic amines) is 1. The maximum absolute atomic E-state index is 10.9. The molecule has 1 unspecified atom stereocenters. The van der Waals surface area contributed by atoms with E-state index in [-0.39, 0.29) is 6.54 Å². The van der Waals surface area contributed by atoms with Crippen LogP contribution in [-0.2, 0) is 4.79 Å². The van der Waals surface area contributed by atoms with Crippen molar-refractivity contribution in [2.75, 3.05) is 26.2 Å². The molecule has 1 N–H and O–H groups in total. The fraction of sp³-hybridized carbons (Fsp3) is 0.786. The molecule has 4 nitrogen and oxygen atoms in total. The van der Waals surface area contributed by atoms with E-state index in [0.29, 0.717) is 18.6 Å². The van der Waals surface area contributed by atoms with Gasteiger partial charge in [-0.05, 0) is 46.2 Å². The maximum atomic E-state index is 10.9. The van der Waals surface area contributed by atoms with E-state index in [4.69, 9.17) is 11.5 Å². The van der Waals surface area contributed by atoms with Crippen LogP contribution in [0.2, 0.25) is 0 Å². The normalized spacial score (nSPS) is 21.8. The Labute approximate surface area is 110 Å². The molecule has 1 rings (SSSR count). The van der Waals surface area contributed by atoms with Gasteiger partial charge in [-0.25, -0.2) is 0 Å². The maximum Gasteiger partial charge on any atom is 0.317 e. The number of hydrogen-bond acceptors (Lipinski definition) is 3. The van der Waals surface area contributed by atoms with Crippen LogP contribution in [0, 0.1) is 12.3 Å². The monoisotopic (exact) mass is 252 g/mol. The Morgan fingerprint density at radius 3 is 2.78 bits per heavy atom. The number of rotatable bonds is 5. The zero-order chi connectivity index (χ0) is 13.5. The molecule has 1 saturated heterocycles. The second-order valence-corrected chi connectivity index (χ2v) is 5.22. The molecule has 1 fully saturated rings. The molecule has 1 atom stereocenters. The van der Waals surface area contributed by atoms with Crippen LogP contribution in [0.4, 0.5) is 0 Å². The molecule has 0 bridgehead atoms. The van der Waals surface area contributed by atoms with Crippen molar-refractivity contribution in [3.8, 4) is 12.3 Å². The van der Waals surface area contributed by atoms with E-state index in [2.05, 4.69) is 24.7 Å². The van der Waals surface area contributed by atoms with Crippen molar-refractivity contribution >= 4 is 5.97 Å². The van der Waals surface area contributed by atoms with Gasteiger partial charge in [0.25, 0.3) is 0 Å². The van der Waals surface area contributed by atoms with Crippen LogP contribution in [0.25, 0.3) is 0 Å². The molecule has 102 valence electrons. The highest BCUT2D eigenvalue weighted by Gasteiger charge is 2.24. The molecule has 0 amide bonds. The molecular weight excluding hydrogens is 228 g/mol. The molecule has 0 saturated carbocycles. The number of terminal acetylenes is 1. The van der Waals surface area contributed by atoms with E-state index >= 15 is 0 Å². The van der Waals surface area contributed by atoms with Crippen molar-refractivity contribution in [1.29, 1.82) is 0 Å². The van der Waals surface area contributed by atoms with Gasteiger partial charge < -0.3 is 10.0 Å². The highest BCUT2D eigenvalue weighted by atomic mass is 16.4. The summed E-state index contributed by atoms with van der Waals surface area (Å²) in [5.74, 6) is 1.78. The van der Waals surface area contributed by atoms with Crippen LogP contribution in [0.1, 0.15) is 33.1 Å². The molecule has 1 aliphatic heterocycles. The van der Waals surface area contributed by atoms with Crippen molar-refractivity contribution in [3.05, 3.63) is 0 Å². The standard InChI is InChI=1S/C14H24N2O2/c1-4-8-16(11-14(17)18)13-6-5-9-15(10-7-13)12(2)3/h1,12-13H,5-11H2,2-3H3,(H,17,18). The summed E-state index contributed by atoms with van der Waals surface area (Å²) in [7, 11) is 0. The summed E-state index contributed by atoms with van der Waals surface area (Å²) in [6.07, 6.45) is 8.49. The summed E-state index contributed by atoms with van der Waals surface area (Å²) in [6, 6.07) is 0.866. The first kappa shape index (κ1) is 15.0. The minimum Gasteiger partial charge on any atom is -0.480 e. The summed E-state index contributed by atoms with van der Waals surface area (Å²) >= 11 is 0. The Morgan fingerprint density at radius 2 is 2.22 bits per heavy atom. The van der Waals surface area contributed by atoms with E-state index in [0.717, 1.165) is 32.4 Å². The molecule has 0 aromatic carbocycles. The van der Waals surface area contributed by atoms with Gasteiger partial charge in [-0.1, -0.05) is 5.92 Å². The number of nitrogens with zero attached hydrogens (tertiary/aromatic N) is 2. The van der Waals surface area contributed by atoms with Crippen LogP contribution < -0.4 is 0 Å². The number of aliphatic carboxylic acids is 1. The Morgan fingerprint density at radius 1 is 1.50 bits per heavy atom. The minimum absolute atomic E-state index is 0.0521. The highest BCUT2D eigenvalue weighted by Crippen LogP contribution is 2.18. The zero-order valence-electron chi connectivity index (χ0n) is 11.4. The second kappa shape index (κ2) is 7.40. The number of carboxylic acid groups (broad SMARTS) is 1. The lowest BCUT2D eigenvalue weighted by molar-refractivity contribution is -0.138. The predicted octanol–water partition coefficient (Wildman–Crippen LogP) is 1.27. The van der Waals surface area contributed by atoms with Gasteiger partial charge in [-0.15, -0.1) is 6.42 Å². The van der Waals surface area contributed by atoms with Crippen LogP contribution >= 0.6 is 0 Å². The van der Waals surface area contributed by atoms with Crippen LogP contribution in [0.15, 0.2) is 0 Å². The molecule has 0 aromatic rings. The third kappa shape index (κ3) is 4.67. The van der Waals surface area contributed by atoms with Gasteiger partial charge in [-0.3, -0.25) is 9.69 Å². The lowest BCUT2D eigenvalue weighted by atomic mass is 10.1. The van der Waals surface area contributed by atoms with Crippen LogP contribution in [0.5, 0.6) is 0 Å². The summed E-state index contributed by atoms with van der Waals surface area (Å²) < 4.78 is 0. The van der Waals surface area contributed by atoms with E-state index in [1.807, 2.05) is 4.90 Å². The van der Waals surface area contributed by atoms with Crippen molar-refractivity contribution in [1.82, 2.24) is 9.80 Å². The van der Waals surface area contributed by atoms with Gasteiger partial charge in [0.05, 0.1) is 13.1 Å². The van der Waals surface area contributed by atoms with E-state index < -0.39 is 5.97 Å². The second-order valence-electron chi connectivity index (χ2n) is 5.22. The topological polar surface area (TPSA) is 43.8 Å². The molecule has 0 spiro atoms. The molecule has 0 aliphatic carbocycles. The van der Waals surface area contributed by atoms with Gasteiger partial charge in [-0.2, -0.15) is 0 Å². The highest BCUT2D eigenvalue weighted by molar-refractivity contribution is 5.69. The third-order valence-corrected chi connectivity index (χ3v) is 3.61. The van der Waals surface area contributed by atoms with Gasteiger partial charge >= 0.3 is 5.97 Å². The number of hydrogen-bond donors (Lipinski definition) is 1. The molecule has 0 aromatic heterocycles. The Kier molecular flexibility index (Phi) is 6.17. The van der Waals surface area contributed by atoms with Crippen molar-refractivity contribution in [2.24, 2.45) is 0 Å². The van der Waals surface area contributed by atoms with E-state index in [1.54, 1.807) is 0 Å². The Hall–Kier alpha value is -1.05. The lowest BCUT2D eigenvalue weighted by Crippen LogP contribution is -2.40. The van der Waals surface area contributed by atoms with Gasteiger partial charge in [0.15, 0.2) is 0 Å². The predicted molar refractivity (Wildman–Crippen MR) is 72.4 cm³/mol. The minimum atomic E-state index is -0.796. The van der Waals surface area contributed by atoms with Crippen LogP contribution in [0.3, 0.4) is 0 Å². The number of carbonyl (C=O) groups is 1. The Balaban J connectivity index is 2.58. The van der Waals surface area contributed by atoms with E-state index in [1.165, 1.54) is 0 Å². The van der Waals surface area contributed by atoms with Crippen molar-refractivity contribution < 1.29 is 9.90 Å². The Bertz CT molecular complexity index is 309. The lowest BCUT2D eigenvalue weighted by Gasteiger charge is -2.28. The van der Waals surface area contributed by atoms with Crippen LogP contribution in [-0.4, -0.2) is 59.1 Å². The fourth-order valence-electron chi connectivity index (χ4n) is 2.59. The summed E-state index contributed by atoms with van der Waals surface area (Å²) in [6.45, 7) is 7.02. The number of carboxylic acids is 1. The smallest absolute Gasteiger partial charge is 0.317 e. The fourth-order valence-corrected chi connectivity index (χ4v) is 2.59. The third-order valence-electron chi connectivity index (χ3n) is 3.61. The van der Waals surface area contributed by atoms with Crippen molar-refractivity contribution in [3.63, 3.8) is 0 Å². The van der Waals surface area contributed by atoms with Gasteiger partial charge in [0, 0.05) is 12.1 Å². The average Bonchev–Trinajstić information content (AvgIpc) is 2.53. The van der Waals surface area contributed by atoms with E-state index in [9.17, 15) is 4.79 Å². The summed E-state index contributed by atoms with van der Waals surface area (Å²) in [4.78, 5) is 15.2. The molecule has 1 aliphatic rings. The first-order valence-electron chi connectivity index (χ1n) is 6.68. The summed E-state index contributed by atoms with van der Waals surface area (Å²) in [5.41, 5.74) is 0. The summed E-state index contributed by atoms with van der Waals surface area (Å²) in [5, 5.41) is 8.93. The molecule has 0 radical (unpaired) electrons. The first-order chi connectivity index (χ1) is 8.54. The molecule has 4 heteroatoms. The quantitative estimate of drug-likeness (QED) is 0.748. The average molecular weight is 252 g/mol. The first-order valence-corrected chi connectivity index (χ1v) is 6.68. The molecular formula is C14H24N2O2. The zero-order valence-corrected chi connectivity index (χ0v) is 11.4. The van der Waals surface area contributed by atoms with Crippen molar-refractivity contribution in [2.45, 2.75) is 45.2 Å². The molecule has 1 heterocycles. The molecule has 18 heavy (non-hydrogen) atoms. The van der Waals surface area contributed by atoms with Gasteiger partial charge in [0.2, 0.25) is 0 Å². The van der Waals surface area contributed by atoms with Gasteiger partial charge in [0.1, 0.15) is 0 Å². The SMILES string of the molecule is C#CCN(CC(=O)O)C1CCCN(C(C)C)CC1.